The van der Waals surface area contributed by atoms with E-state index in [0.29, 0.717) is 18.4 Å². The summed E-state index contributed by atoms with van der Waals surface area (Å²) in [4.78, 5) is 44.7. The number of hydroxylamine groups is 2. The molecule has 0 radical (unpaired) electrons. The lowest BCUT2D eigenvalue weighted by Gasteiger charge is -2.33. The second-order valence-electron chi connectivity index (χ2n) is 7.72. The zero-order chi connectivity index (χ0) is 21.0. The number of aliphatic carboxylic acids is 2. The lowest BCUT2D eigenvalue weighted by molar-refractivity contribution is -0.136. The average molecular weight is 402 g/mol. The van der Waals surface area contributed by atoms with E-state index in [1.165, 1.54) is 13.3 Å². The normalized spacial score (nSPS) is 23.8. The molecule has 8 heteroatoms. The molecule has 1 unspecified atom stereocenters. The first-order valence-electron chi connectivity index (χ1n) is 9.79. The van der Waals surface area contributed by atoms with Crippen LogP contribution in [0.5, 0.6) is 5.75 Å². The molecule has 2 aliphatic heterocycles. The highest BCUT2D eigenvalue weighted by Crippen LogP contribution is 2.38. The molecule has 0 amide bonds. The Labute approximate surface area is 169 Å². The number of ketones is 1. The van der Waals surface area contributed by atoms with Gasteiger partial charge in [-0.05, 0) is 45.0 Å². The van der Waals surface area contributed by atoms with Crippen LogP contribution in [0, 0.1) is 5.41 Å². The van der Waals surface area contributed by atoms with Crippen molar-refractivity contribution in [2.24, 2.45) is 5.41 Å². The minimum absolute atomic E-state index is 0.0558. The summed E-state index contributed by atoms with van der Waals surface area (Å²) in [5.41, 5.74) is -1.79. The van der Waals surface area contributed by atoms with E-state index in [9.17, 15) is 19.5 Å². The molecule has 1 aromatic rings. The van der Waals surface area contributed by atoms with Crippen LogP contribution in [0.4, 0.5) is 0 Å². The SMILES string of the molecule is CC1(/C(=C/C(=O)O)C(=O)O)CN(CCN2CCCCC2)Oc2ccccc2C1=O. The molecule has 0 aromatic heterocycles. The third-order valence-electron chi connectivity index (χ3n) is 5.56. The number of piperidine rings is 1. The molecule has 0 bridgehead atoms. The highest BCUT2D eigenvalue weighted by Gasteiger charge is 2.46. The van der Waals surface area contributed by atoms with Gasteiger partial charge in [0.15, 0.2) is 11.5 Å². The molecule has 0 saturated carbocycles. The fourth-order valence-corrected chi connectivity index (χ4v) is 3.98. The minimum atomic E-state index is -1.57. The predicted octanol–water partition coefficient (Wildman–Crippen LogP) is 2.07. The number of Topliss-reactive ketones (excluding diaryl/α,β-unsaturated/α-hetero) is 1. The van der Waals surface area contributed by atoms with Crippen molar-refractivity contribution in [1.82, 2.24) is 9.96 Å². The zero-order valence-electron chi connectivity index (χ0n) is 16.5. The van der Waals surface area contributed by atoms with Gasteiger partial charge < -0.3 is 20.0 Å². The third-order valence-corrected chi connectivity index (χ3v) is 5.56. The summed E-state index contributed by atoms with van der Waals surface area (Å²) >= 11 is 0. The van der Waals surface area contributed by atoms with E-state index in [0.717, 1.165) is 32.5 Å². The third kappa shape index (κ3) is 4.65. The van der Waals surface area contributed by atoms with Gasteiger partial charge in [-0.15, -0.1) is 5.06 Å². The molecule has 1 atom stereocenters. The monoisotopic (exact) mass is 402 g/mol. The molecule has 2 aliphatic rings. The first-order valence-corrected chi connectivity index (χ1v) is 9.79. The maximum atomic E-state index is 13.3. The summed E-state index contributed by atoms with van der Waals surface area (Å²) in [6.45, 7) is 4.60. The molecule has 8 nitrogen and oxygen atoms in total. The van der Waals surface area contributed by atoms with Gasteiger partial charge in [-0.2, -0.15) is 0 Å². The molecule has 0 spiro atoms. The van der Waals surface area contributed by atoms with Crippen molar-refractivity contribution < 1.29 is 29.4 Å². The van der Waals surface area contributed by atoms with Crippen LogP contribution in [-0.2, 0) is 9.59 Å². The summed E-state index contributed by atoms with van der Waals surface area (Å²) in [5.74, 6) is -2.96. The van der Waals surface area contributed by atoms with Crippen molar-refractivity contribution in [1.29, 1.82) is 0 Å². The van der Waals surface area contributed by atoms with Crippen LogP contribution in [0.25, 0.3) is 0 Å². The Bertz CT molecular complexity index is 830. The van der Waals surface area contributed by atoms with E-state index in [1.807, 2.05) is 0 Å². The van der Waals surface area contributed by atoms with Crippen LogP contribution in [0.1, 0.15) is 36.5 Å². The van der Waals surface area contributed by atoms with Crippen molar-refractivity contribution in [3.63, 3.8) is 0 Å². The number of hydrogen-bond acceptors (Lipinski definition) is 6. The van der Waals surface area contributed by atoms with Gasteiger partial charge in [0.2, 0.25) is 0 Å². The van der Waals surface area contributed by atoms with Crippen LogP contribution < -0.4 is 4.84 Å². The summed E-state index contributed by atoms with van der Waals surface area (Å²) in [6.07, 6.45) is 4.12. The summed E-state index contributed by atoms with van der Waals surface area (Å²) < 4.78 is 0. The van der Waals surface area contributed by atoms with Crippen LogP contribution in [-0.4, -0.2) is 70.6 Å². The quantitative estimate of drug-likeness (QED) is 0.697. The Kier molecular flexibility index (Phi) is 6.34. The Hall–Kier alpha value is -2.71. The molecule has 1 saturated heterocycles. The Morgan fingerprint density at radius 1 is 1.14 bits per heavy atom. The maximum absolute atomic E-state index is 13.3. The molecule has 3 rings (SSSR count). The van der Waals surface area contributed by atoms with Crippen molar-refractivity contribution in [2.45, 2.75) is 26.2 Å². The number of carbonyl (C=O) groups is 3. The van der Waals surface area contributed by atoms with E-state index < -0.39 is 28.7 Å². The second-order valence-corrected chi connectivity index (χ2v) is 7.72. The summed E-state index contributed by atoms with van der Waals surface area (Å²) in [7, 11) is 0. The smallest absolute Gasteiger partial charge is 0.332 e. The molecule has 2 heterocycles. The van der Waals surface area contributed by atoms with E-state index in [2.05, 4.69) is 4.90 Å². The number of para-hydroxylation sites is 1. The molecule has 1 aromatic carbocycles. The van der Waals surface area contributed by atoms with Gasteiger partial charge >= 0.3 is 11.9 Å². The topological polar surface area (TPSA) is 107 Å². The summed E-state index contributed by atoms with van der Waals surface area (Å²) in [6, 6.07) is 6.65. The molecule has 2 N–H and O–H groups in total. The molecular weight excluding hydrogens is 376 g/mol. The van der Waals surface area contributed by atoms with E-state index in [1.54, 1.807) is 29.3 Å². The molecular formula is C21H26N2O6. The van der Waals surface area contributed by atoms with Crippen LogP contribution in [0.15, 0.2) is 35.9 Å². The second kappa shape index (κ2) is 8.75. The van der Waals surface area contributed by atoms with Crippen molar-refractivity contribution in [2.75, 3.05) is 32.7 Å². The van der Waals surface area contributed by atoms with Gasteiger partial charge in [0.05, 0.1) is 23.1 Å². The largest absolute Gasteiger partial charge is 0.478 e. The number of fused-ring (bicyclic) bond motifs is 1. The Balaban J connectivity index is 1.95. The lowest BCUT2D eigenvalue weighted by atomic mass is 9.75. The summed E-state index contributed by atoms with van der Waals surface area (Å²) in [5, 5.41) is 20.4. The Morgan fingerprint density at radius 3 is 2.48 bits per heavy atom. The number of hydrogen-bond donors (Lipinski definition) is 2. The van der Waals surface area contributed by atoms with Crippen LogP contribution in [0.2, 0.25) is 0 Å². The fraction of sp³-hybridized carbons (Fsp3) is 0.476. The molecule has 156 valence electrons. The maximum Gasteiger partial charge on any atom is 0.332 e. The first kappa shape index (κ1) is 21.0. The molecule has 0 aliphatic carbocycles. The van der Waals surface area contributed by atoms with Gasteiger partial charge in [0.1, 0.15) is 0 Å². The van der Waals surface area contributed by atoms with Gasteiger partial charge in [0.25, 0.3) is 0 Å². The minimum Gasteiger partial charge on any atom is -0.478 e. The number of carboxylic acids is 2. The Morgan fingerprint density at radius 2 is 1.83 bits per heavy atom. The van der Waals surface area contributed by atoms with E-state index in [-0.39, 0.29) is 12.1 Å². The van der Waals surface area contributed by atoms with Gasteiger partial charge in [-0.1, -0.05) is 18.6 Å². The fourth-order valence-electron chi connectivity index (χ4n) is 3.98. The van der Waals surface area contributed by atoms with Crippen molar-refractivity contribution >= 4 is 17.7 Å². The average Bonchev–Trinajstić information content (AvgIpc) is 2.80. The van der Waals surface area contributed by atoms with Gasteiger partial charge in [-0.25, -0.2) is 9.59 Å². The molecule has 1 fully saturated rings. The number of carbonyl (C=O) groups excluding carboxylic acids is 1. The number of carboxylic acid groups (broad SMARTS) is 2. The van der Waals surface area contributed by atoms with Crippen molar-refractivity contribution in [3.8, 4) is 5.75 Å². The standard InChI is InChI=1S/C21H26N2O6/c1-21(16(20(27)28)13-18(24)25)14-23(12-11-22-9-5-2-6-10-22)29-17-8-4-3-7-15(17)19(21)26/h3-4,7-8,13H,2,5-6,9-12,14H2,1H3,(H,24,25)(H,27,28)/b16-13+. The van der Waals surface area contributed by atoms with Gasteiger partial charge in [-0.3, -0.25) is 4.79 Å². The van der Waals surface area contributed by atoms with Crippen LogP contribution >= 0.6 is 0 Å². The first-order chi connectivity index (χ1) is 13.8. The van der Waals surface area contributed by atoms with Crippen molar-refractivity contribution in [3.05, 3.63) is 41.5 Å². The van der Waals surface area contributed by atoms with E-state index in [4.69, 9.17) is 9.94 Å². The molecule has 29 heavy (non-hydrogen) atoms. The number of nitrogens with zero attached hydrogens (tertiary/aromatic N) is 2. The number of rotatable bonds is 6. The van der Waals surface area contributed by atoms with E-state index >= 15 is 0 Å². The lowest BCUT2D eigenvalue weighted by Crippen LogP contribution is -2.46. The van der Waals surface area contributed by atoms with Crippen LogP contribution in [0.3, 0.4) is 0 Å². The van der Waals surface area contributed by atoms with Gasteiger partial charge in [0, 0.05) is 19.2 Å². The highest BCUT2D eigenvalue weighted by atomic mass is 16.7. The highest BCUT2D eigenvalue weighted by molar-refractivity contribution is 6.11. The zero-order valence-corrected chi connectivity index (χ0v) is 16.5. The number of likely N-dealkylation sites (tertiary alicyclic amines) is 1. The number of benzene rings is 1. The predicted molar refractivity (Wildman–Crippen MR) is 105 cm³/mol.